The molecule has 0 saturated carbocycles. The Morgan fingerprint density at radius 2 is 1.93 bits per heavy atom. The third-order valence-corrected chi connectivity index (χ3v) is 4.46. The first kappa shape index (κ1) is 19.4. The SMILES string of the molecule is COc1cc(COc2ccc3nc4ccc(=O)cc-4oc3c2)ccc1OC(C)C=O. The molecule has 2 aliphatic rings. The van der Waals surface area contributed by atoms with Crippen LogP contribution in [0.3, 0.4) is 0 Å². The molecule has 0 spiro atoms. The second kappa shape index (κ2) is 8.24. The quantitative estimate of drug-likeness (QED) is 0.341. The Labute approximate surface area is 172 Å². The highest BCUT2D eigenvalue weighted by Crippen LogP contribution is 2.30. The number of hydrogen-bond acceptors (Lipinski definition) is 7. The monoisotopic (exact) mass is 405 g/mol. The first-order chi connectivity index (χ1) is 14.6. The van der Waals surface area contributed by atoms with Gasteiger partial charge in [-0.3, -0.25) is 9.59 Å². The molecule has 0 aromatic heterocycles. The van der Waals surface area contributed by atoms with Crippen LogP contribution in [0.1, 0.15) is 12.5 Å². The zero-order chi connectivity index (χ0) is 21.1. The minimum Gasteiger partial charge on any atom is -0.493 e. The van der Waals surface area contributed by atoms with Crippen molar-refractivity contribution in [3.05, 3.63) is 70.4 Å². The van der Waals surface area contributed by atoms with Crippen molar-refractivity contribution >= 4 is 17.4 Å². The van der Waals surface area contributed by atoms with Crippen molar-refractivity contribution in [2.75, 3.05) is 7.11 Å². The molecule has 1 aliphatic heterocycles. The van der Waals surface area contributed by atoms with Crippen LogP contribution >= 0.6 is 0 Å². The number of nitrogens with zero attached hydrogens (tertiary/aromatic N) is 1. The number of aromatic nitrogens is 1. The van der Waals surface area contributed by atoms with Gasteiger partial charge in [-0.15, -0.1) is 0 Å². The number of aldehydes is 1. The largest absolute Gasteiger partial charge is 0.493 e. The van der Waals surface area contributed by atoms with Gasteiger partial charge in [-0.25, -0.2) is 4.98 Å². The molecule has 4 rings (SSSR count). The summed E-state index contributed by atoms with van der Waals surface area (Å²) < 4.78 is 22.6. The molecule has 0 N–H and O–H groups in total. The van der Waals surface area contributed by atoms with Crippen molar-refractivity contribution in [3.8, 4) is 28.7 Å². The number of rotatable bonds is 7. The van der Waals surface area contributed by atoms with Crippen molar-refractivity contribution in [1.82, 2.24) is 4.98 Å². The molecular formula is C23H19NO6. The summed E-state index contributed by atoms with van der Waals surface area (Å²) in [6.07, 6.45) is 0.154. The van der Waals surface area contributed by atoms with E-state index in [9.17, 15) is 9.59 Å². The number of methoxy groups -OCH3 is 1. The van der Waals surface area contributed by atoms with E-state index in [0.717, 1.165) is 11.8 Å². The highest BCUT2D eigenvalue weighted by atomic mass is 16.5. The summed E-state index contributed by atoms with van der Waals surface area (Å²) in [5.41, 5.74) is 2.54. The van der Waals surface area contributed by atoms with Gasteiger partial charge in [0, 0.05) is 12.1 Å². The third kappa shape index (κ3) is 4.10. The van der Waals surface area contributed by atoms with E-state index in [-0.39, 0.29) is 12.0 Å². The molecule has 152 valence electrons. The predicted molar refractivity (Wildman–Crippen MR) is 110 cm³/mol. The molecule has 2 aromatic rings. The Balaban J connectivity index is 1.54. The highest BCUT2D eigenvalue weighted by Gasteiger charge is 2.12. The third-order valence-electron chi connectivity index (χ3n) is 4.46. The average Bonchev–Trinajstić information content (AvgIpc) is 2.76. The van der Waals surface area contributed by atoms with Gasteiger partial charge >= 0.3 is 0 Å². The van der Waals surface area contributed by atoms with E-state index in [4.69, 9.17) is 18.6 Å². The molecule has 1 unspecified atom stereocenters. The van der Waals surface area contributed by atoms with Gasteiger partial charge in [-0.2, -0.15) is 0 Å². The van der Waals surface area contributed by atoms with Crippen LogP contribution in [0.5, 0.6) is 17.2 Å². The van der Waals surface area contributed by atoms with Crippen molar-refractivity contribution < 1.29 is 23.4 Å². The number of ether oxygens (including phenoxy) is 3. The molecule has 0 amide bonds. The van der Waals surface area contributed by atoms with E-state index in [1.807, 2.05) is 6.07 Å². The number of carbonyl (C=O) groups excluding carboxylic acids is 1. The van der Waals surface area contributed by atoms with Crippen LogP contribution in [-0.2, 0) is 11.4 Å². The zero-order valence-corrected chi connectivity index (χ0v) is 16.5. The number of carbonyl (C=O) groups is 1. The maximum absolute atomic E-state index is 11.5. The molecule has 0 radical (unpaired) electrons. The van der Waals surface area contributed by atoms with Gasteiger partial charge < -0.3 is 18.6 Å². The summed E-state index contributed by atoms with van der Waals surface area (Å²) in [7, 11) is 1.54. The van der Waals surface area contributed by atoms with Gasteiger partial charge in [0.25, 0.3) is 0 Å². The standard InChI is InChI=1S/C23H19NO6/c1-14(12-25)29-20-8-3-15(9-23(20)27-2)13-28-17-5-7-19-22(11-17)30-21-10-16(26)4-6-18(21)24-19/h3-12,14H,13H2,1-2H3. The van der Waals surface area contributed by atoms with Gasteiger partial charge in [0.2, 0.25) is 0 Å². The molecule has 1 atom stereocenters. The lowest BCUT2D eigenvalue weighted by atomic mass is 10.2. The lowest BCUT2D eigenvalue weighted by Crippen LogP contribution is -2.13. The second-order valence-electron chi connectivity index (χ2n) is 6.71. The maximum Gasteiger partial charge on any atom is 0.182 e. The molecule has 0 saturated heterocycles. The van der Waals surface area contributed by atoms with E-state index in [1.54, 1.807) is 43.3 Å². The fourth-order valence-electron chi connectivity index (χ4n) is 2.97. The zero-order valence-electron chi connectivity index (χ0n) is 16.5. The van der Waals surface area contributed by atoms with E-state index >= 15 is 0 Å². The van der Waals surface area contributed by atoms with Crippen LogP contribution in [0.25, 0.3) is 22.6 Å². The molecule has 0 bridgehead atoms. The fourth-order valence-corrected chi connectivity index (χ4v) is 2.97. The molecule has 7 nitrogen and oxygen atoms in total. The summed E-state index contributed by atoms with van der Waals surface area (Å²) in [5.74, 6) is 2.03. The van der Waals surface area contributed by atoms with Crippen LogP contribution in [0.2, 0.25) is 0 Å². The Hall–Kier alpha value is -3.87. The lowest BCUT2D eigenvalue weighted by Gasteiger charge is -2.14. The van der Waals surface area contributed by atoms with E-state index in [2.05, 4.69) is 4.98 Å². The van der Waals surface area contributed by atoms with Crippen LogP contribution in [-0.4, -0.2) is 24.5 Å². The minimum atomic E-state index is -0.565. The summed E-state index contributed by atoms with van der Waals surface area (Å²) in [4.78, 5) is 26.9. The fraction of sp³-hybridized carbons (Fsp3) is 0.174. The molecule has 7 heteroatoms. The average molecular weight is 405 g/mol. The van der Waals surface area contributed by atoms with Crippen LogP contribution in [0.15, 0.2) is 63.8 Å². The van der Waals surface area contributed by atoms with Gasteiger partial charge in [-0.05, 0) is 48.9 Å². The second-order valence-corrected chi connectivity index (χ2v) is 6.71. The summed E-state index contributed by atoms with van der Waals surface area (Å²) in [5, 5.41) is 0. The van der Waals surface area contributed by atoms with Crippen molar-refractivity contribution in [2.45, 2.75) is 19.6 Å². The topological polar surface area (TPSA) is 87.9 Å². The maximum atomic E-state index is 11.5. The van der Waals surface area contributed by atoms with Crippen molar-refractivity contribution in [3.63, 3.8) is 0 Å². The molecular weight excluding hydrogens is 386 g/mol. The Morgan fingerprint density at radius 3 is 2.73 bits per heavy atom. The molecule has 30 heavy (non-hydrogen) atoms. The molecule has 1 heterocycles. The van der Waals surface area contributed by atoms with Crippen molar-refractivity contribution in [1.29, 1.82) is 0 Å². The normalized spacial score (nSPS) is 11.9. The van der Waals surface area contributed by atoms with Crippen LogP contribution < -0.4 is 19.6 Å². The minimum absolute atomic E-state index is 0.135. The number of fused-ring (bicyclic) bond motifs is 2. The van der Waals surface area contributed by atoms with Crippen LogP contribution in [0, 0.1) is 0 Å². The predicted octanol–water partition coefficient (Wildman–Crippen LogP) is 3.85. The highest BCUT2D eigenvalue weighted by molar-refractivity contribution is 5.77. The van der Waals surface area contributed by atoms with Gasteiger partial charge in [0.05, 0.1) is 7.11 Å². The number of benzene rings is 3. The van der Waals surface area contributed by atoms with Gasteiger partial charge in [0.1, 0.15) is 23.6 Å². The van der Waals surface area contributed by atoms with Gasteiger partial charge in [-0.1, -0.05) is 6.07 Å². The van der Waals surface area contributed by atoms with Gasteiger partial charge in [0.15, 0.2) is 40.7 Å². The Morgan fingerprint density at radius 1 is 1.07 bits per heavy atom. The number of hydrogen-bond donors (Lipinski definition) is 0. The molecule has 1 aliphatic carbocycles. The Bertz CT molecular complexity index is 1230. The summed E-state index contributed by atoms with van der Waals surface area (Å²) in [6, 6.07) is 15.2. The first-order valence-electron chi connectivity index (χ1n) is 9.32. The smallest absolute Gasteiger partial charge is 0.182 e. The summed E-state index contributed by atoms with van der Waals surface area (Å²) in [6.45, 7) is 1.95. The Kier molecular flexibility index (Phi) is 5.34. The first-order valence-corrected chi connectivity index (χ1v) is 9.32. The molecule has 2 aromatic carbocycles. The van der Waals surface area contributed by atoms with Crippen molar-refractivity contribution in [2.24, 2.45) is 0 Å². The molecule has 0 fully saturated rings. The van der Waals surface area contributed by atoms with E-state index < -0.39 is 6.10 Å². The van der Waals surface area contributed by atoms with Crippen LogP contribution in [0.4, 0.5) is 0 Å². The summed E-state index contributed by atoms with van der Waals surface area (Å²) >= 11 is 0. The van der Waals surface area contributed by atoms with E-state index in [1.165, 1.54) is 19.2 Å². The van der Waals surface area contributed by atoms with E-state index in [0.29, 0.717) is 39.8 Å². The lowest BCUT2D eigenvalue weighted by molar-refractivity contribution is -0.113.